The molecule has 2 fully saturated rings. The number of amides is 2. The van der Waals surface area contributed by atoms with Crippen molar-refractivity contribution in [2.75, 3.05) is 17.2 Å². The molecule has 7 nitrogen and oxygen atoms in total. The lowest BCUT2D eigenvalue weighted by atomic mass is 9.70. The van der Waals surface area contributed by atoms with Crippen LogP contribution in [-0.2, 0) is 9.59 Å². The number of benzene rings is 2. The summed E-state index contributed by atoms with van der Waals surface area (Å²) in [5, 5.41) is 18.2. The fourth-order valence-corrected chi connectivity index (χ4v) is 5.48. The zero-order valence-corrected chi connectivity index (χ0v) is 25.4. The van der Waals surface area contributed by atoms with Crippen LogP contribution in [0.25, 0.3) is 0 Å². The Balaban J connectivity index is 0.000000368. The third-order valence-corrected chi connectivity index (χ3v) is 7.40. The first-order valence-electron chi connectivity index (χ1n) is 13.9. The number of halogens is 3. The topological polar surface area (TPSA) is 108 Å². The standard InChI is InChI=1S/C22H25Cl2FN2O.C8H7NO3.C2H6/c1-15(23)7-5-10-19(25)18-14-26-22(11-3-2-4-12-22)20(18)21(28)27-17-9-6-8-16(24)13-17;10-5-9-7-3-1-6(2-4-7)8(11)12;1-2/h5-10,13,18,20,26H,1-4,11-12,14H2,(H,27,28);1-5H,(H,9,10)(H,11,12);1-2H3/b7-5-,19-10-;;. The lowest BCUT2D eigenvalue weighted by molar-refractivity contribution is -0.123. The molecule has 1 spiro atoms. The first kappa shape index (κ1) is 34.7. The van der Waals surface area contributed by atoms with Gasteiger partial charge < -0.3 is 21.1 Å². The summed E-state index contributed by atoms with van der Waals surface area (Å²) in [4.78, 5) is 33.6. The van der Waals surface area contributed by atoms with Gasteiger partial charge in [-0.1, -0.05) is 75.0 Å². The molecule has 1 heterocycles. The maximum absolute atomic E-state index is 15.0. The highest BCUT2D eigenvalue weighted by atomic mass is 35.5. The van der Waals surface area contributed by atoms with Crippen LogP contribution in [0.15, 0.2) is 84.2 Å². The van der Waals surface area contributed by atoms with Gasteiger partial charge in [-0.2, -0.15) is 0 Å². The Morgan fingerprint density at radius 2 is 1.76 bits per heavy atom. The summed E-state index contributed by atoms with van der Waals surface area (Å²) in [6.45, 7) is 7.99. The smallest absolute Gasteiger partial charge is 0.335 e. The number of carbonyl (C=O) groups excluding carboxylic acids is 2. The van der Waals surface area contributed by atoms with E-state index in [2.05, 4.69) is 22.5 Å². The van der Waals surface area contributed by atoms with E-state index in [9.17, 15) is 14.4 Å². The molecule has 1 aliphatic heterocycles. The number of carboxylic acids is 1. The van der Waals surface area contributed by atoms with Gasteiger partial charge in [0.1, 0.15) is 5.83 Å². The van der Waals surface area contributed by atoms with Crippen LogP contribution >= 0.6 is 23.2 Å². The van der Waals surface area contributed by atoms with Crippen molar-refractivity contribution >= 4 is 52.9 Å². The van der Waals surface area contributed by atoms with Crippen molar-refractivity contribution in [2.24, 2.45) is 11.8 Å². The number of carboxylic acid groups (broad SMARTS) is 1. The average molecular weight is 619 g/mol. The monoisotopic (exact) mass is 617 g/mol. The van der Waals surface area contributed by atoms with E-state index in [0.717, 1.165) is 32.1 Å². The van der Waals surface area contributed by atoms with Gasteiger partial charge in [0.15, 0.2) is 0 Å². The molecule has 10 heteroatoms. The van der Waals surface area contributed by atoms with Gasteiger partial charge in [0, 0.05) is 39.4 Å². The van der Waals surface area contributed by atoms with Crippen molar-refractivity contribution in [1.29, 1.82) is 0 Å². The van der Waals surface area contributed by atoms with E-state index in [0.29, 0.717) is 34.4 Å². The summed E-state index contributed by atoms with van der Waals surface area (Å²) in [7, 11) is 0. The Labute approximate surface area is 256 Å². The summed E-state index contributed by atoms with van der Waals surface area (Å²) < 4.78 is 15.0. The summed E-state index contributed by atoms with van der Waals surface area (Å²) >= 11 is 11.7. The van der Waals surface area contributed by atoms with Crippen LogP contribution in [0.3, 0.4) is 0 Å². The zero-order valence-electron chi connectivity index (χ0n) is 23.8. The fourth-order valence-electron chi connectivity index (χ4n) is 5.22. The van der Waals surface area contributed by atoms with Gasteiger partial charge in [-0.3, -0.25) is 9.59 Å². The summed E-state index contributed by atoms with van der Waals surface area (Å²) in [6, 6.07) is 12.9. The Kier molecular flexibility index (Phi) is 14.5. The first-order valence-corrected chi connectivity index (χ1v) is 14.6. The molecule has 2 aromatic rings. The minimum atomic E-state index is -0.979. The zero-order chi connectivity index (χ0) is 31.1. The molecule has 2 atom stereocenters. The molecule has 2 amide bonds. The highest BCUT2D eigenvalue weighted by molar-refractivity contribution is 6.31. The number of hydrogen-bond donors (Lipinski definition) is 4. The van der Waals surface area contributed by atoms with Gasteiger partial charge in [0.25, 0.3) is 0 Å². The van der Waals surface area contributed by atoms with E-state index < -0.39 is 17.8 Å². The van der Waals surface area contributed by atoms with E-state index >= 15 is 4.39 Å². The molecule has 0 radical (unpaired) electrons. The third-order valence-electron chi connectivity index (χ3n) is 7.04. The molecular weight excluding hydrogens is 580 g/mol. The van der Waals surface area contributed by atoms with E-state index in [1.807, 2.05) is 13.8 Å². The van der Waals surface area contributed by atoms with Crippen molar-refractivity contribution in [3.63, 3.8) is 0 Å². The third kappa shape index (κ3) is 10.1. The van der Waals surface area contributed by atoms with Crippen molar-refractivity contribution in [3.05, 3.63) is 94.8 Å². The fraction of sp³-hybridized carbons (Fsp3) is 0.344. The van der Waals surface area contributed by atoms with Crippen molar-refractivity contribution < 1.29 is 23.9 Å². The maximum atomic E-state index is 15.0. The summed E-state index contributed by atoms with van der Waals surface area (Å²) in [5.41, 5.74) is 1.04. The molecule has 1 aliphatic carbocycles. The van der Waals surface area contributed by atoms with Crippen LogP contribution in [0.1, 0.15) is 56.3 Å². The molecule has 226 valence electrons. The highest BCUT2D eigenvalue weighted by Gasteiger charge is 2.53. The largest absolute Gasteiger partial charge is 0.478 e. The van der Waals surface area contributed by atoms with E-state index in [1.54, 1.807) is 24.3 Å². The maximum Gasteiger partial charge on any atom is 0.335 e. The molecule has 0 aromatic heterocycles. The number of nitrogens with one attached hydrogen (secondary N) is 3. The number of anilines is 2. The quantitative estimate of drug-likeness (QED) is 0.177. The second-order valence-corrected chi connectivity index (χ2v) is 10.6. The Morgan fingerprint density at radius 3 is 2.33 bits per heavy atom. The Bertz CT molecular complexity index is 1270. The summed E-state index contributed by atoms with van der Waals surface area (Å²) in [5.74, 6) is -2.49. The van der Waals surface area contributed by atoms with Crippen LogP contribution in [0.4, 0.5) is 15.8 Å². The molecule has 1 saturated heterocycles. The number of aromatic carboxylic acids is 1. The number of hydrogen-bond acceptors (Lipinski definition) is 4. The predicted octanol–water partition coefficient (Wildman–Crippen LogP) is 7.96. The highest BCUT2D eigenvalue weighted by Crippen LogP contribution is 2.45. The molecular formula is C32H38Cl2FN3O4. The van der Waals surface area contributed by atoms with Crippen molar-refractivity contribution in [2.45, 2.75) is 51.5 Å². The Hall–Kier alpha value is -3.46. The number of allylic oxidation sites excluding steroid dienone is 4. The molecule has 2 aromatic carbocycles. The molecule has 1 saturated carbocycles. The van der Waals surface area contributed by atoms with E-state index in [1.165, 1.54) is 42.5 Å². The molecule has 4 N–H and O–H groups in total. The van der Waals surface area contributed by atoms with Gasteiger partial charge in [-0.15, -0.1) is 0 Å². The van der Waals surface area contributed by atoms with Crippen LogP contribution in [0.5, 0.6) is 0 Å². The molecule has 4 rings (SSSR count). The molecule has 2 aliphatic rings. The number of rotatable bonds is 8. The van der Waals surface area contributed by atoms with E-state index in [-0.39, 0.29) is 22.8 Å². The van der Waals surface area contributed by atoms with E-state index in [4.69, 9.17) is 28.3 Å². The SMILES string of the molecule is C=C(Cl)/C=C\C=C(/F)C1CNC2(CCCCC2)C1C(=O)Nc1cccc(Cl)c1.CC.O=CNc1ccc(C(=O)O)cc1. The molecule has 2 unspecified atom stereocenters. The lowest BCUT2D eigenvalue weighted by Crippen LogP contribution is -2.51. The minimum Gasteiger partial charge on any atom is -0.478 e. The van der Waals surface area contributed by atoms with Gasteiger partial charge in [-0.25, -0.2) is 9.18 Å². The average Bonchev–Trinajstić information content (AvgIpc) is 3.33. The normalized spacial score (nSPS) is 19.1. The van der Waals surface area contributed by atoms with Crippen molar-refractivity contribution in [3.8, 4) is 0 Å². The molecule has 42 heavy (non-hydrogen) atoms. The second kappa shape index (κ2) is 17.5. The Morgan fingerprint density at radius 1 is 1.10 bits per heavy atom. The van der Waals surface area contributed by atoms with Crippen LogP contribution in [0, 0.1) is 11.8 Å². The summed E-state index contributed by atoms with van der Waals surface area (Å²) in [6.07, 6.45) is 9.95. The van der Waals surface area contributed by atoms with Crippen LogP contribution < -0.4 is 16.0 Å². The second-order valence-electron chi connectivity index (χ2n) is 9.68. The van der Waals surface area contributed by atoms with Crippen LogP contribution in [0.2, 0.25) is 5.02 Å². The van der Waals surface area contributed by atoms with Gasteiger partial charge in [-0.05, 0) is 67.5 Å². The minimum absolute atomic E-state index is 0.173. The molecule has 0 bridgehead atoms. The van der Waals surface area contributed by atoms with Gasteiger partial charge in [0.2, 0.25) is 12.3 Å². The van der Waals surface area contributed by atoms with Crippen LogP contribution in [-0.4, -0.2) is 35.5 Å². The predicted molar refractivity (Wildman–Crippen MR) is 169 cm³/mol. The van der Waals surface area contributed by atoms with Gasteiger partial charge >= 0.3 is 5.97 Å². The van der Waals surface area contributed by atoms with Crippen molar-refractivity contribution in [1.82, 2.24) is 5.32 Å². The van der Waals surface area contributed by atoms with Gasteiger partial charge in [0.05, 0.1) is 11.5 Å². The lowest BCUT2D eigenvalue weighted by Gasteiger charge is -2.39. The first-order chi connectivity index (χ1) is 20.1. The number of carbonyl (C=O) groups is 3.